The Kier molecular flexibility index (Phi) is 4.21. The molecule has 4 aliphatic carbocycles. The molecule has 0 N–H and O–H groups in total. The maximum Gasteiger partial charge on any atom is 0.339 e. The molecule has 0 radical (unpaired) electrons. The monoisotopic (exact) mass is 450 g/mol. The second-order valence-corrected chi connectivity index (χ2v) is 9.18. The highest BCUT2D eigenvalue weighted by atomic mass is 35.5. The minimum atomic E-state index is -0.543. The Labute approximate surface area is 188 Å². The summed E-state index contributed by atoms with van der Waals surface area (Å²) in [7, 11) is 1.29. The lowest BCUT2D eigenvalue weighted by Crippen LogP contribution is -2.40. The summed E-state index contributed by atoms with van der Waals surface area (Å²) >= 11 is 6.07. The summed E-state index contributed by atoms with van der Waals surface area (Å²) in [4.78, 5) is 37.9. The van der Waals surface area contributed by atoms with Gasteiger partial charge in [0.05, 0.1) is 35.7 Å². The van der Waals surface area contributed by atoms with Gasteiger partial charge in [-0.3, -0.25) is 9.59 Å². The van der Waals surface area contributed by atoms with Gasteiger partial charge in [0.25, 0.3) is 11.8 Å². The normalized spacial score (nSPS) is 31.9. The van der Waals surface area contributed by atoms with Crippen LogP contribution < -0.4 is 0 Å². The SMILES string of the molecule is COC(=O)c1cc(-c2ccc(/C=N\N3C(=O)[C@@H]4[C@H]5C=C[C@@H]([C@@H]6C[C@H]56)[C@H]4C3=O)o2)ccc1Cl. The van der Waals surface area contributed by atoms with E-state index < -0.39 is 5.97 Å². The van der Waals surface area contributed by atoms with Crippen LogP contribution in [0.1, 0.15) is 22.5 Å². The molecular formula is C24H19ClN2O5. The van der Waals surface area contributed by atoms with E-state index in [1.165, 1.54) is 13.3 Å². The molecule has 2 heterocycles. The van der Waals surface area contributed by atoms with Crippen molar-refractivity contribution in [2.75, 3.05) is 7.11 Å². The topological polar surface area (TPSA) is 89.2 Å². The Morgan fingerprint density at radius 2 is 1.81 bits per heavy atom. The van der Waals surface area contributed by atoms with E-state index in [0.29, 0.717) is 28.9 Å². The van der Waals surface area contributed by atoms with Crippen LogP contribution >= 0.6 is 11.6 Å². The zero-order valence-electron chi connectivity index (χ0n) is 17.1. The van der Waals surface area contributed by atoms with Crippen molar-refractivity contribution in [2.24, 2.45) is 40.6 Å². The molecule has 1 aromatic heterocycles. The van der Waals surface area contributed by atoms with Crippen LogP contribution in [0.2, 0.25) is 5.02 Å². The van der Waals surface area contributed by atoms with Gasteiger partial charge in [-0.05, 0) is 60.4 Å². The number of imide groups is 1. The van der Waals surface area contributed by atoms with Gasteiger partial charge in [-0.25, -0.2) is 4.79 Å². The summed E-state index contributed by atoms with van der Waals surface area (Å²) in [5.41, 5.74) is 0.867. The number of furan rings is 1. The number of methoxy groups -OCH3 is 1. The molecule has 1 saturated heterocycles. The summed E-state index contributed by atoms with van der Waals surface area (Å²) < 4.78 is 10.5. The molecule has 1 aliphatic heterocycles. The average molecular weight is 451 g/mol. The van der Waals surface area contributed by atoms with Crippen molar-refractivity contribution in [1.82, 2.24) is 5.01 Å². The molecule has 2 amide bonds. The highest BCUT2D eigenvalue weighted by Crippen LogP contribution is 2.65. The quantitative estimate of drug-likeness (QED) is 0.306. The summed E-state index contributed by atoms with van der Waals surface area (Å²) in [6.07, 6.45) is 6.76. The maximum atomic E-state index is 13.0. The van der Waals surface area contributed by atoms with Gasteiger partial charge in [0.1, 0.15) is 11.5 Å². The fourth-order valence-electron chi connectivity index (χ4n) is 5.69. The van der Waals surface area contributed by atoms with Gasteiger partial charge >= 0.3 is 5.97 Å². The highest BCUT2D eigenvalue weighted by molar-refractivity contribution is 6.33. The average Bonchev–Trinajstić information content (AvgIpc) is 3.44. The fraction of sp³-hybridized carbons (Fsp3) is 0.333. The summed E-state index contributed by atoms with van der Waals surface area (Å²) in [5, 5.41) is 5.49. The number of hydrogen-bond acceptors (Lipinski definition) is 6. The Balaban J connectivity index is 1.23. The number of halogens is 1. The molecule has 3 fully saturated rings. The van der Waals surface area contributed by atoms with Crippen molar-refractivity contribution in [3.05, 3.63) is 58.8 Å². The van der Waals surface area contributed by atoms with Crippen LogP contribution in [0.3, 0.4) is 0 Å². The lowest BCUT2D eigenvalue weighted by Gasteiger charge is -2.37. The molecule has 0 spiro atoms. The van der Waals surface area contributed by atoms with E-state index in [2.05, 4.69) is 17.3 Å². The number of nitrogens with zero attached hydrogens (tertiary/aromatic N) is 2. The number of rotatable bonds is 4. The van der Waals surface area contributed by atoms with Gasteiger partial charge in [-0.2, -0.15) is 10.1 Å². The minimum Gasteiger partial charge on any atom is -0.465 e. The Morgan fingerprint density at radius 1 is 1.12 bits per heavy atom. The van der Waals surface area contributed by atoms with Crippen molar-refractivity contribution in [3.8, 4) is 11.3 Å². The van der Waals surface area contributed by atoms with E-state index in [1.807, 2.05) is 0 Å². The van der Waals surface area contributed by atoms with Crippen molar-refractivity contribution in [1.29, 1.82) is 0 Å². The van der Waals surface area contributed by atoms with Crippen LogP contribution in [0, 0.1) is 35.5 Å². The Bertz CT molecular complexity index is 1190. The van der Waals surface area contributed by atoms with Crippen LogP contribution in [-0.4, -0.2) is 36.1 Å². The summed E-state index contributed by atoms with van der Waals surface area (Å²) in [6, 6.07) is 8.30. The lowest BCUT2D eigenvalue weighted by atomic mass is 9.63. The number of ether oxygens (including phenoxy) is 1. The van der Waals surface area contributed by atoms with E-state index in [1.54, 1.807) is 30.3 Å². The van der Waals surface area contributed by atoms with E-state index >= 15 is 0 Å². The van der Waals surface area contributed by atoms with Crippen LogP contribution in [0.25, 0.3) is 11.3 Å². The lowest BCUT2D eigenvalue weighted by molar-refractivity contribution is -0.140. The number of esters is 1. The number of hydrogen-bond donors (Lipinski definition) is 0. The smallest absolute Gasteiger partial charge is 0.339 e. The third-order valence-electron chi connectivity index (χ3n) is 7.22. The van der Waals surface area contributed by atoms with Gasteiger partial charge in [-0.1, -0.05) is 23.8 Å². The minimum absolute atomic E-state index is 0.163. The van der Waals surface area contributed by atoms with E-state index in [-0.39, 0.29) is 46.1 Å². The first-order chi connectivity index (χ1) is 15.5. The molecule has 5 aliphatic rings. The van der Waals surface area contributed by atoms with Crippen molar-refractivity contribution in [3.63, 3.8) is 0 Å². The van der Waals surface area contributed by atoms with Crippen molar-refractivity contribution < 1.29 is 23.5 Å². The fourth-order valence-corrected chi connectivity index (χ4v) is 5.89. The van der Waals surface area contributed by atoms with Gasteiger partial charge in [-0.15, -0.1) is 0 Å². The third kappa shape index (κ3) is 2.73. The van der Waals surface area contributed by atoms with Crippen LogP contribution in [-0.2, 0) is 14.3 Å². The molecule has 7 nitrogen and oxygen atoms in total. The van der Waals surface area contributed by atoms with Gasteiger partial charge in [0.15, 0.2) is 0 Å². The highest BCUT2D eigenvalue weighted by Gasteiger charge is 2.67. The van der Waals surface area contributed by atoms with Crippen LogP contribution in [0.15, 0.2) is 52.0 Å². The molecule has 2 saturated carbocycles. The third-order valence-corrected chi connectivity index (χ3v) is 7.55. The molecule has 0 unspecified atom stereocenters. The Morgan fingerprint density at radius 3 is 2.47 bits per heavy atom. The summed E-state index contributed by atoms with van der Waals surface area (Å²) in [5.74, 6) is 0.763. The zero-order valence-corrected chi connectivity index (χ0v) is 17.9. The molecule has 2 aromatic rings. The predicted octanol–water partition coefficient (Wildman–Crippen LogP) is 3.77. The van der Waals surface area contributed by atoms with Gasteiger partial charge in [0, 0.05) is 5.56 Å². The van der Waals surface area contributed by atoms with Crippen LogP contribution in [0.5, 0.6) is 0 Å². The van der Waals surface area contributed by atoms with E-state index in [0.717, 1.165) is 11.4 Å². The number of carbonyl (C=O) groups is 3. The molecule has 6 atom stereocenters. The molecule has 32 heavy (non-hydrogen) atoms. The zero-order chi connectivity index (χ0) is 22.1. The van der Waals surface area contributed by atoms with Gasteiger partial charge in [0.2, 0.25) is 0 Å². The van der Waals surface area contributed by atoms with E-state index in [4.69, 9.17) is 20.8 Å². The first-order valence-electron chi connectivity index (χ1n) is 10.6. The van der Waals surface area contributed by atoms with Crippen LogP contribution in [0.4, 0.5) is 0 Å². The maximum absolute atomic E-state index is 13.0. The molecular weight excluding hydrogens is 432 g/mol. The number of carbonyl (C=O) groups excluding carboxylic acids is 3. The molecule has 2 bridgehead atoms. The first-order valence-corrected chi connectivity index (χ1v) is 10.9. The standard InChI is InChI=1S/C24H19ClN2O5/c1-31-24(30)17-8-11(2-6-18(17)25)19-7-3-12(32-19)10-26-27-22(28)20-13-4-5-14(16-9-15(13)16)21(20)23(27)29/h2-8,10,13-16,20-21H,9H2,1H3/b26-10-/t13-,14-,15-,16+,20+,21+/m0/s1. The molecule has 8 heteroatoms. The van der Waals surface area contributed by atoms with Crippen molar-refractivity contribution >= 4 is 35.6 Å². The van der Waals surface area contributed by atoms with Gasteiger partial charge < -0.3 is 9.15 Å². The number of hydrazone groups is 1. The van der Waals surface area contributed by atoms with E-state index in [9.17, 15) is 14.4 Å². The molecule has 7 rings (SSSR count). The largest absolute Gasteiger partial charge is 0.465 e. The molecule has 162 valence electrons. The predicted molar refractivity (Wildman–Crippen MR) is 115 cm³/mol. The Hall–Kier alpha value is -3.19. The second-order valence-electron chi connectivity index (χ2n) is 8.78. The first kappa shape index (κ1) is 19.5. The number of amides is 2. The van der Waals surface area contributed by atoms with Crippen molar-refractivity contribution in [2.45, 2.75) is 6.42 Å². The number of allylic oxidation sites excluding steroid dienone is 2. The molecule has 1 aromatic carbocycles. The second kappa shape index (κ2) is 6.90. The summed E-state index contributed by atoms with van der Waals surface area (Å²) in [6.45, 7) is 0. The number of benzene rings is 1.